The summed E-state index contributed by atoms with van der Waals surface area (Å²) in [6, 6.07) is 2.75. The summed E-state index contributed by atoms with van der Waals surface area (Å²) in [4.78, 5) is 11.3. The SMILES string of the molecule is C=CCc1c(O)ccc(C(=O)NC)c1O. The molecule has 4 nitrogen and oxygen atoms in total. The Kier molecular flexibility index (Phi) is 3.33. The predicted molar refractivity (Wildman–Crippen MR) is 57.1 cm³/mol. The molecule has 0 saturated carbocycles. The molecule has 0 unspecified atom stereocenters. The van der Waals surface area contributed by atoms with Crippen molar-refractivity contribution in [1.82, 2.24) is 5.32 Å². The zero-order chi connectivity index (χ0) is 11.4. The Hall–Kier alpha value is -1.97. The number of allylic oxidation sites excluding steroid dienone is 1. The molecule has 15 heavy (non-hydrogen) atoms. The molecule has 0 aliphatic carbocycles. The van der Waals surface area contributed by atoms with Crippen LogP contribution in [0, 0.1) is 0 Å². The smallest absolute Gasteiger partial charge is 0.254 e. The second-order valence-corrected chi connectivity index (χ2v) is 3.03. The first-order valence-corrected chi connectivity index (χ1v) is 4.48. The summed E-state index contributed by atoms with van der Waals surface area (Å²) in [5, 5.41) is 21.6. The third-order valence-corrected chi connectivity index (χ3v) is 2.08. The molecular formula is C11H13NO3. The van der Waals surface area contributed by atoms with E-state index in [1.807, 2.05) is 0 Å². The molecule has 0 aliphatic heterocycles. The molecule has 0 heterocycles. The van der Waals surface area contributed by atoms with Crippen molar-refractivity contribution in [3.8, 4) is 11.5 Å². The minimum Gasteiger partial charge on any atom is -0.508 e. The van der Waals surface area contributed by atoms with E-state index in [-0.39, 0.29) is 17.1 Å². The lowest BCUT2D eigenvalue weighted by atomic mass is 10.0. The Labute approximate surface area is 87.9 Å². The van der Waals surface area contributed by atoms with Gasteiger partial charge in [-0.2, -0.15) is 0 Å². The van der Waals surface area contributed by atoms with Crippen LogP contribution in [-0.2, 0) is 6.42 Å². The van der Waals surface area contributed by atoms with E-state index in [1.165, 1.54) is 19.2 Å². The summed E-state index contributed by atoms with van der Waals surface area (Å²) in [7, 11) is 1.47. The number of carbonyl (C=O) groups is 1. The Balaban J connectivity index is 3.27. The number of nitrogens with one attached hydrogen (secondary N) is 1. The van der Waals surface area contributed by atoms with Crippen LogP contribution < -0.4 is 5.32 Å². The van der Waals surface area contributed by atoms with Gasteiger partial charge in [0.15, 0.2) is 0 Å². The van der Waals surface area contributed by atoms with Crippen LogP contribution in [0.5, 0.6) is 11.5 Å². The van der Waals surface area contributed by atoms with E-state index in [0.717, 1.165) is 0 Å². The predicted octanol–water partition coefficient (Wildman–Crippen LogP) is 1.19. The van der Waals surface area contributed by atoms with E-state index >= 15 is 0 Å². The highest BCUT2D eigenvalue weighted by atomic mass is 16.3. The summed E-state index contributed by atoms with van der Waals surface area (Å²) in [5.74, 6) is -0.632. The Morgan fingerprint density at radius 1 is 1.53 bits per heavy atom. The lowest BCUT2D eigenvalue weighted by Gasteiger charge is -2.09. The Morgan fingerprint density at radius 3 is 2.73 bits per heavy atom. The molecule has 1 aromatic rings. The van der Waals surface area contributed by atoms with Gasteiger partial charge in [0.25, 0.3) is 5.91 Å². The number of aromatic hydroxyl groups is 2. The normalized spacial score (nSPS) is 9.67. The van der Waals surface area contributed by atoms with Gasteiger partial charge < -0.3 is 15.5 Å². The highest BCUT2D eigenvalue weighted by molar-refractivity contribution is 5.97. The summed E-state index contributed by atoms with van der Waals surface area (Å²) in [6.45, 7) is 3.51. The van der Waals surface area contributed by atoms with Crippen molar-refractivity contribution < 1.29 is 15.0 Å². The monoisotopic (exact) mass is 207 g/mol. The van der Waals surface area contributed by atoms with E-state index in [1.54, 1.807) is 6.08 Å². The number of hydrogen-bond donors (Lipinski definition) is 3. The molecule has 0 radical (unpaired) electrons. The van der Waals surface area contributed by atoms with E-state index < -0.39 is 5.91 Å². The first-order chi connectivity index (χ1) is 7.11. The van der Waals surface area contributed by atoms with Crippen molar-refractivity contribution in [3.05, 3.63) is 35.9 Å². The van der Waals surface area contributed by atoms with E-state index in [0.29, 0.717) is 12.0 Å². The maximum absolute atomic E-state index is 11.3. The van der Waals surface area contributed by atoms with Crippen LogP contribution in [0.15, 0.2) is 24.8 Å². The summed E-state index contributed by atoms with van der Waals surface area (Å²) >= 11 is 0. The van der Waals surface area contributed by atoms with Crippen molar-refractivity contribution in [2.24, 2.45) is 0 Å². The van der Waals surface area contributed by atoms with Crippen molar-refractivity contribution >= 4 is 5.91 Å². The fourth-order valence-corrected chi connectivity index (χ4v) is 1.29. The largest absolute Gasteiger partial charge is 0.508 e. The average Bonchev–Trinajstić information content (AvgIpc) is 2.23. The molecule has 4 heteroatoms. The van der Waals surface area contributed by atoms with Gasteiger partial charge >= 0.3 is 0 Å². The maximum Gasteiger partial charge on any atom is 0.254 e. The minimum atomic E-state index is -0.391. The molecule has 1 aromatic carbocycles. The molecule has 0 spiro atoms. The van der Waals surface area contributed by atoms with Gasteiger partial charge in [0.05, 0.1) is 5.56 Å². The number of phenols is 2. The van der Waals surface area contributed by atoms with E-state index in [9.17, 15) is 15.0 Å². The fourth-order valence-electron chi connectivity index (χ4n) is 1.29. The van der Waals surface area contributed by atoms with Crippen molar-refractivity contribution in [3.63, 3.8) is 0 Å². The van der Waals surface area contributed by atoms with Crippen LogP contribution in [0.25, 0.3) is 0 Å². The molecule has 0 aromatic heterocycles. The van der Waals surface area contributed by atoms with Crippen molar-refractivity contribution in [2.75, 3.05) is 7.05 Å². The molecule has 3 N–H and O–H groups in total. The number of phenolic OH excluding ortho intramolecular Hbond substituents is 2. The van der Waals surface area contributed by atoms with E-state index in [2.05, 4.69) is 11.9 Å². The third kappa shape index (κ3) is 2.10. The zero-order valence-corrected chi connectivity index (χ0v) is 8.45. The molecule has 80 valence electrons. The number of rotatable bonds is 3. The molecule has 0 bridgehead atoms. The maximum atomic E-state index is 11.3. The van der Waals surface area contributed by atoms with Crippen LogP contribution in [-0.4, -0.2) is 23.2 Å². The third-order valence-electron chi connectivity index (χ3n) is 2.08. The second-order valence-electron chi connectivity index (χ2n) is 3.03. The van der Waals surface area contributed by atoms with Crippen LogP contribution in [0.1, 0.15) is 15.9 Å². The summed E-state index contributed by atoms with van der Waals surface area (Å²) in [5.41, 5.74) is 0.457. The fraction of sp³-hybridized carbons (Fsp3) is 0.182. The quantitative estimate of drug-likeness (QED) is 0.652. The van der Waals surface area contributed by atoms with Gasteiger partial charge in [-0.15, -0.1) is 6.58 Å². The van der Waals surface area contributed by atoms with Crippen LogP contribution in [0.2, 0.25) is 0 Å². The second kappa shape index (κ2) is 4.50. The summed E-state index contributed by atoms with van der Waals surface area (Å²) < 4.78 is 0. The van der Waals surface area contributed by atoms with Gasteiger partial charge in [-0.1, -0.05) is 6.08 Å². The average molecular weight is 207 g/mol. The number of benzene rings is 1. The summed E-state index contributed by atoms with van der Waals surface area (Å²) in [6.07, 6.45) is 1.85. The Morgan fingerprint density at radius 2 is 2.20 bits per heavy atom. The molecule has 0 fully saturated rings. The molecule has 0 atom stereocenters. The van der Waals surface area contributed by atoms with E-state index in [4.69, 9.17) is 0 Å². The molecule has 1 amide bonds. The number of hydrogen-bond acceptors (Lipinski definition) is 3. The highest BCUT2D eigenvalue weighted by Gasteiger charge is 2.15. The van der Waals surface area contributed by atoms with Crippen LogP contribution >= 0.6 is 0 Å². The molecule has 1 rings (SSSR count). The number of carbonyl (C=O) groups excluding carboxylic acids is 1. The van der Waals surface area contributed by atoms with Gasteiger partial charge in [-0.05, 0) is 18.6 Å². The number of amides is 1. The molecular weight excluding hydrogens is 194 g/mol. The molecule has 0 aliphatic rings. The zero-order valence-electron chi connectivity index (χ0n) is 8.45. The standard InChI is InChI=1S/C11H13NO3/c1-3-4-7-9(13)6-5-8(10(7)14)11(15)12-2/h3,5-6,13-14H,1,4H2,2H3,(H,12,15). The molecule has 0 saturated heterocycles. The lowest BCUT2D eigenvalue weighted by molar-refractivity contribution is 0.0960. The van der Waals surface area contributed by atoms with Crippen LogP contribution in [0.4, 0.5) is 0 Å². The van der Waals surface area contributed by atoms with Gasteiger partial charge in [0.1, 0.15) is 11.5 Å². The van der Waals surface area contributed by atoms with Gasteiger partial charge in [0, 0.05) is 12.6 Å². The van der Waals surface area contributed by atoms with Crippen molar-refractivity contribution in [2.45, 2.75) is 6.42 Å². The van der Waals surface area contributed by atoms with Gasteiger partial charge in [-0.25, -0.2) is 0 Å². The lowest BCUT2D eigenvalue weighted by Crippen LogP contribution is -2.18. The Bertz CT molecular complexity index is 399. The van der Waals surface area contributed by atoms with Crippen LogP contribution in [0.3, 0.4) is 0 Å². The highest BCUT2D eigenvalue weighted by Crippen LogP contribution is 2.30. The topological polar surface area (TPSA) is 69.6 Å². The first kappa shape index (κ1) is 11.1. The first-order valence-electron chi connectivity index (χ1n) is 4.48. The minimum absolute atomic E-state index is 0.0416. The van der Waals surface area contributed by atoms with Gasteiger partial charge in [0.2, 0.25) is 0 Å². The van der Waals surface area contributed by atoms with Gasteiger partial charge in [-0.3, -0.25) is 4.79 Å². The van der Waals surface area contributed by atoms with Crippen molar-refractivity contribution in [1.29, 1.82) is 0 Å².